The Bertz CT molecular complexity index is 665. The molecule has 0 amide bonds. The Labute approximate surface area is 156 Å². The molecule has 0 spiro atoms. The molecule has 0 aromatic heterocycles. The van der Waals surface area contributed by atoms with Crippen LogP contribution < -0.4 is 0 Å². The largest absolute Gasteiger partial charge is 0.480 e. The van der Waals surface area contributed by atoms with Crippen LogP contribution in [0.1, 0.15) is 0 Å². The first-order valence-corrected chi connectivity index (χ1v) is 6.53. The zero-order chi connectivity index (χ0) is 25.6. The summed E-state index contributed by atoms with van der Waals surface area (Å²) in [6.07, 6.45) is -19.6. The molecule has 1 nitrogen and oxygen atoms in total. The summed E-state index contributed by atoms with van der Waals surface area (Å²) in [5.74, 6) is -47.8. The van der Waals surface area contributed by atoms with Gasteiger partial charge in [-0.1, -0.05) is 0 Å². The average molecular weight is 512 g/mol. The highest BCUT2D eigenvalue weighted by Crippen LogP contribution is 2.59. The van der Waals surface area contributed by atoms with Gasteiger partial charge in [0.2, 0.25) is 11.6 Å². The third-order valence-electron chi connectivity index (χ3n) is 3.00. The number of allylic oxidation sites excluding steroid dienone is 2. The van der Waals surface area contributed by atoms with Gasteiger partial charge >= 0.3 is 48.4 Å². The molecule has 0 unspecified atom stereocenters. The second kappa shape index (κ2) is 7.96. The summed E-state index contributed by atoms with van der Waals surface area (Å²) < 4.78 is 241. The zero-order valence-corrected chi connectivity index (χ0v) is 13.4. The monoisotopic (exact) mass is 512 g/mol. The van der Waals surface area contributed by atoms with Crippen LogP contribution in [-0.2, 0) is 4.74 Å². The molecule has 186 valence electrons. The van der Waals surface area contributed by atoms with Crippen molar-refractivity contribution in [3.05, 3.63) is 11.6 Å². The quantitative estimate of drug-likeness (QED) is 0.259. The van der Waals surface area contributed by atoms with E-state index >= 15 is 0 Å². The number of rotatable bonds is 8. The van der Waals surface area contributed by atoms with Crippen molar-refractivity contribution in [3.8, 4) is 0 Å². The predicted molar refractivity (Wildman–Crippen MR) is 56.9 cm³/mol. The zero-order valence-electron chi connectivity index (χ0n) is 13.4. The molecule has 0 bridgehead atoms. The fraction of sp³-hybridized carbons (Fsp3) is 0.818. The van der Waals surface area contributed by atoms with Crippen LogP contribution in [0.15, 0.2) is 11.6 Å². The lowest BCUT2D eigenvalue weighted by Crippen LogP contribution is -2.66. The van der Waals surface area contributed by atoms with E-state index in [4.69, 9.17) is 0 Å². The first-order chi connectivity index (χ1) is 13.2. The van der Waals surface area contributed by atoms with Gasteiger partial charge in [-0.2, -0.15) is 70.2 Å². The van der Waals surface area contributed by atoms with Crippen LogP contribution in [0, 0.1) is 0 Å². The van der Waals surface area contributed by atoms with E-state index in [-0.39, 0.29) is 0 Å². The van der Waals surface area contributed by atoms with Crippen LogP contribution in [0.3, 0.4) is 0 Å². The molecule has 0 heterocycles. The minimum Gasteiger partial charge on any atom is -0.480 e. The predicted octanol–water partition coefficient (Wildman–Crippen LogP) is 6.75. The summed E-state index contributed by atoms with van der Waals surface area (Å²) >= 11 is 0. The van der Waals surface area contributed by atoms with Gasteiger partial charge in [-0.3, -0.25) is 0 Å². The highest BCUT2D eigenvalue weighted by Gasteiger charge is 2.88. The van der Waals surface area contributed by atoms with Crippen molar-refractivity contribution in [1.29, 1.82) is 0 Å². The van der Waals surface area contributed by atoms with Crippen LogP contribution in [0.5, 0.6) is 0 Å². The lowest BCUT2D eigenvalue weighted by molar-refractivity contribution is -0.419. The van der Waals surface area contributed by atoms with E-state index in [1.54, 1.807) is 0 Å². The molecule has 0 aromatic carbocycles. The van der Waals surface area contributed by atoms with E-state index < -0.39 is 66.6 Å². The summed E-state index contributed by atoms with van der Waals surface area (Å²) in [6, 6.07) is 0. The fourth-order valence-corrected chi connectivity index (χ4v) is 1.35. The highest BCUT2D eigenvalue weighted by molar-refractivity contribution is 5.22. The maximum atomic E-state index is 13.3. The maximum Gasteiger partial charge on any atom is 0.460 e. The Hall–Kier alpha value is -1.79. The molecule has 0 saturated heterocycles. The van der Waals surface area contributed by atoms with E-state index in [9.17, 15) is 83.4 Å². The van der Waals surface area contributed by atoms with Gasteiger partial charge in [-0.15, -0.1) is 0 Å². The highest BCUT2D eigenvalue weighted by atomic mass is 19.4. The van der Waals surface area contributed by atoms with Gasteiger partial charge in [-0.25, -0.2) is 13.2 Å². The van der Waals surface area contributed by atoms with Gasteiger partial charge in [0.05, 0.1) is 0 Å². The van der Waals surface area contributed by atoms with Crippen molar-refractivity contribution in [2.75, 3.05) is 6.61 Å². The summed E-state index contributed by atoms with van der Waals surface area (Å²) in [5.41, 5.74) is 0. The van der Waals surface area contributed by atoms with Gasteiger partial charge in [0.1, 0.15) is 0 Å². The minimum absolute atomic E-state index is 2.52. The molecule has 0 N–H and O–H groups in total. The van der Waals surface area contributed by atoms with Crippen LogP contribution in [0.4, 0.5) is 83.4 Å². The van der Waals surface area contributed by atoms with E-state index in [2.05, 4.69) is 4.74 Å². The Morgan fingerprint density at radius 3 is 1.29 bits per heavy atom. The molecule has 31 heavy (non-hydrogen) atoms. The number of hydrogen-bond acceptors (Lipinski definition) is 1. The average Bonchev–Trinajstić information content (AvgIpc) is 2.51. The third-order valence-corrected chi connectivity index (χ3v) is 3.00. The molecule has 0 fully saturated rings. The van der Waals surface area contributed by atoms with Gasteiger partial charge in [0.25, 0.3) is 0 Å². The number of alkyl halides is 18. The first kappa shape index (κ1) is 29.2. The molecule has 20 heteroatoms. The van der Waals surface area contributed by atoms with Crippen LogP contribution in [0.2, 0.25) is 0 Å². The molecule has 0 rings (SSSR count). The van der Waals surface area contributed by atoms with Crippen LogP contribution in [-0.4, -0.2) is 55.0 Å². The lowest BCUT2D eigenvalue weighted by Gasteiger charge is -2.37. The Balaban J connectivity index is 6.64. The lowest BCUT2D eigenvalue weighted by atomic mass is 9.96. The number of hydrogen-bond donors (Lipinski definition) is 0. The van der Waals surface area contributed by atoms with Crippen molar-refractivity contribution in [3.63, 3.8) is 0 Å². The van der Waals surface area contributed by atoms with Crippen molar-refractivity contribution in [2.24, 2.45) is 0 Å². The first-order valence-electron chi connectivity index (χ1n) is 6.53. The van der Waals surface area contributed by atoms with Gasteiger partial charge < -0.3 is 4.74 Å². The van der Waals surface area contributed by atoms with Crippen LogP contribution >= 0.6 is 0 Å². The Kier molecular flexibility index (Phi) is 7.50. The smallest absolute Gasteiger partial charge is 0.460 e. The normalized spacial score (nSPS) is 16.5. The Morgan fingerprint density at radius 1 is 0.613 bits per heavy atom. The van der Waals surface area contributed by atoms with E-state index in [1.807, 2.05) is 0 Å². The molecular formula is C11H3F19O. The summed E-state index contributed by atoms with van der Waals surface area (Å²) in [4.78, 5) is 0. The molecule has 0 saturated carbocycles. The molecule has 0 atom stereocenters. The third kappa shape index (κ3) is 5.01. The van der Waals surface area contributed by atoms with Crippen molar-refractivity contribution in [1.82, 2.24) is 0 Å². The van der Waals surface area contributed by atoms with Gasteiger partial charge in [0, 0.05) is 0 Å². The summed E-state index contributed by atoms with van der Waals surface area (Å²) in [7, 11) is 0. The van der Waals surface area contributed by atoms with E-state index in [0.717, 1.165) is 0 Å². The molecular weight excluding hydrogens is 509 g/mol. The number of ether oxygens (including phenoxy) is 1. The van der Waals surface area contributed by atoms with E-state index in [0.29, 0.717) is 0 Å². The topological polar surface area (TPSA) is 9.23 Å². The SMILES string of the molecule is F/C(=C(\OCC(F)(F)C(F)F)C(F)(F)F)C(F)(F)C(F)(F)C(F)(F)C(F)(F)C(F)(F)F. The molecule has 0 radical (unpaired) electrons. The van der Waals surface area contributed by atoms with Crippen molar-refractivity contribution < 1.29 is 88.2 Å². The summed E-state index contributed by atoms with van der Waals surface area (Å²) in [5, 5.41) is 0. The molecule has 0 aliphatic heterocycles. The molecule has 0 aliphatic carbocycles. The summed E-state index contributed by atoms with van der Waals surface area (Å²) in [6.45, 7) is -3.39. The van der Waals surface area contributed by atoms with Crippen molar-refractivity contribution in [2.45, 2.75) is 48.4 Å². The second-order valence-electron chi connectivity index (χ2n) is 5.29. The van der Waals surface area contributed by atoms with Crippen LogP contribution in [0.25, 0.3) is 0 Å². The fourth-order valence-electron chi connectivity index (χ4n) is 1.35. The standard InChI is InChI=1S/C11H3F19O/c12-2(3(7(19,20)21)31-1-5(15,16)4(13)14)6(17,18)8(22,23)9(24,25)10(26,27)11(28,29)30/h4H,1H2/b3-2-. The van der Waals surface area contributed by atoms with Gasteiger partial charge in [-0.05, 0) is 0 Å². The van der Waals surface area contributed by atoms with Crippen molar-refractivity contribution >= 4 is 0 Å². The van der Waals surface area contributed by atoms with Gasteiger partial charge in [0.15, 0.2) is 6.61 Å². The second-order valence-corrected chi connectivity index (χ2v) is 5.29. The minimum atomic E-state index is -8.33. The Morgan fingerprint density at radius 2 is 1.00 bits per heavy atom. The number of halogens is 19. The molecule has 0 aliphatic rings. The maximum absolute atomic E-state index is 13.3. The molecule has 0 aromatic rings. The van der Waals surface area contributed by atoms with E-state index in [1.165, 1.54) is 0 Å².